The molecule has 2 N–H and O–H groups in total. The smallest absolute Gasteiger partial charge is 0.336 e. The molecule has 0 heterocycles. The van der Waals surface area contributed by atoms with E-state index in [-0.39, 0.29) is 9.79 Å². The van der Waals surface area contributed by atoms with Crippen LogP contribution in [0.2, 0.25) is 0 Å². The summed E-state index contributed by atoms with van der Waals surface area (Å²) in [5.74, 6) is -2.95. The minimum Gasteiger partial charge on any atom is -0.478 e. The van der Waals surface area contributed by atoms with Crippen LogP contribution in [0.5, 0.6) is 0 Å². The van der Waals surface area contributed by atoms with Crippen molar-refractivity contribution in [1.82, 2.24) is 0 Å². The van der Waals surface area contributed by atoms with Gasteiger partial charge in [0, 0.05) is 4.47 Å². The van der Waals surface area contributed by atoms with E-state index in [0.29, 0.717) is 4.47 Å². The van der Waals surface area contributed by atoms with Crippen LogP contribution in [0.15, 0.2) is 56.7 Å². The lowest BCUT2D eigenvalue weighted by atomic mass is 10.1. The molecule has 0 aromatic heterocycles. The Morgan fingerprint density at radius 3 is 1.82 bits per heavy atom. The molecule has 0 aliphatic heterocycles. The zero-order valence-corrected chi connectivity index (χ0v) is 13.3. The first-order valence-electron chi connectivity index (χ1n) is 5.85. The number of carbonyl (C=O) groups is 2. The van der Waals surface area contributed by atoms with Gasteiger partial charge >= 0.3 is 11.9 Å². The molecular weight excluding hydrogens is 376 g/mol. The van der Waals surface area contributed by atoms with Crippen molar-refractivity contribution in [3.63, 3.8) is 0 Å². The number of halogens is 1. The molecule has 2 aromatic rings. The van der Waals surface area contributed by atoms with Crippen molar-refractivity contribution < 1.29 is 28.2 Å². The van der Waals surface area contributed by atoms with Crippen molar-refractivity contribution in [3.05, 3.63) is 58.1 Å². The van der Waals surface area contributed by atoms with Crippen molar-refractivity contribution in [3.8, 4) is 0 Å². The lowest BCUT2D eigenvalue weighted by molar-refractivity contribution is 0.0651. The molecule has 8 heteroatoms. The SMILES string of the molecule is O=C(O)c1ccc(S(=O)(=O)c2ccc(Br)cc2)cc1C(=O)O. The Morgan fingerprint density at radius 2 is 1.32 bits per heavy atom. The number of benzene rings is 2. The Hall–Kier alpha value is -2.19. The van der Waals surface area contributed by atoms with Crippen LogP contribution in [-0.4, -0.2) is 30.6 Å². The van der Waals surface area contributed by atoms with Crippen molar-refractivity contribution in [2.45, 2.75) is 9.79 Å². The van der Waals surface area contributed by atoms with Gasteiger partial charge in [0.2, 0.25) is 9.84 Å². The summed E-state index contributed by atoms with van der Waals surface area (Å²) in [7, 11) is -3.93. The summed E-state index contributed by atoms with van der Waals surface area (Å²) in [6.45, 7) is 0. The predicted molar refractivity (Wildman–Crippen MR) is 80.0 cm³/mol. The lowest BCUT2D eigenvalue weighted by Crippen LogP contribution is -2.10. The van der Waals surface area contributed by atoms with Crippen molar-refractivity contribution >= 4 is 37.7 Å². The Bertz CT molecular complexity index is 855. The second-order valence-corrected chi connectivity index (χ2v) is 7.14. The first kappa shape index (κ1) is 16.2. The third kappa shape index (κ3) is 3.02. The van der Waals surface area contributed by atoms with E-state index in [4.69, 9.17) is 10.2 Å². The van der Waals surface area contributed by atoms with E-state index in [0.717, 1.165) is 18.2 Å². The molecule has 6 nitrogen and oxygen atoms in total. The molecule has 0 saturated heterocycles. The van der Waals surface area contributed by atoms with Crippen LogP contribution < -0.4 is 0 Å². The first-order valence-corrected chi connectivity index (χ1v) is 8.12. The monoisotopic (exact) mass is 384 g/mol. The number of hydrogen-bond donors (Lipinski definition) is 2. The molecule has 0 unspecified atom stereocenters. The summed E-state index contributed by atoms with van der Waals surface area (Å²) in [5.41, 5.74) is -1.05. The molecule has 0 spiro atoms. The van der Waals surface area contributed by atoms with E-state index in [1.807, 2.05) is 0 Å². The molecule has 0 bridgehead atoms. The number of carboxylic acid groups (broad SMARTS) is 2. The van der Waals surface area contributed by atoms with E-state index < -0.39 is 32.9 Å². The molecule has 0 aliphatic rings. The van der Waals surface area contributed by atoms with Crippen molar-refractivity contribution in [1.29, 1.82) is 0 Å². The van der Waals surface area contributed by atoms with Gasteiger partial charge in [-0.3, -0.25) is 0 Å². The van der Waals surface area contributed by atoms with Gasteiger partial charge in [-0.1, -0.05) is 15.9 Å². The Labute approximate surface area is 134 Å². The largest absolute Gasteiger partial charge is 0.478 e. The fraction of sp³-hybridized carbons (Fsp3) is 0. The molecule has 0 saturated carbocycles. The molecule has 22 heavy (non-hydrogen) atoms. The fourth-order valence-electron chi connectivity index (χ4n) is 1.80. The van der Waals surface area contributed by atoms with Gasteiger partial charge in [-0.15, -0.1) is 0 Å². The summed E-state index contributed by atoms with van der Waals surface area (Å²) in [6, 6.07) is 8.71. The van der Waals surface area contributed by atoms with E-state index in [2.05, 4.69) is 15.9 Å². The molecule has 0 radical (unpaired) electrons. The van der Waals surface area contributed by atoms with Crippen LogP contribution in [0.4, 0.5) is 0 Å². The highest BCUT2D eigenvalue weighted by atomic mass is 79.9. The van der Waals surface area contributed by atoms with Gasteiger partial charge in [0.25, 0.3) is 0 Å². The number of hydrogen-bond acceptors (Lipinski definition) is 4. The minimum atomic E-state index is -3.93. The summed E-state index contributed by atoms with van der Waals surface area (Å²) >= 11 is 3.19. The van der Waals surface area contributed by atoms with E-state index in [1.54, 1.807) is 0 Å². The van der Waals surface area contributed by atoms with Crippen LogP contribution in [0.1, 0.15) is 20.7 Å². The normalized spacial score (nSPS) is 11.1. The highest BCUT2D eigenvalue weighted by Gasteiger charge is 2.23. The molecular formula is C14H9BrO6S. The zero-order valence-electron chi connectivity index (χ0n) is 10.9. The van der Waals surface area contributed by atoms with Gasteiger partial charge in [0.05, 0.1) is 20.9 Å². The van der Waals surface area contributed by atoms with E-state index >= 15 is 0 Å². The number of aromatic carboxylic acids is 2. The standard InChI is InChI=1S/C14H9BrO6S/c15-8-1-3-9(4-2-8)22(20,21)10-5-6-11(13(16)17)12(7-10)14(18)19/h1-7H,(H,16,17)(H,18,19). The zero-order chi connectivity index (χ0) is 16.5. The minimum absolute atomic E-state index is 0.0184. The number of carboxylic acids is 2. The second-order valence-electron chi connectivity index (χ2n) is 4.28. The van der Waals surface area contributed by atoms with E-state index in [1.165, 1.54) is 24.3 Å². The Balaban J connectivity index is 2.62. The van der Waals surface area contributed by atoms with Gasteiger partial charge in [-0.25, -0.2) is 18.0 Å². The van der Waals surface area contributed by atoms with Gasteiger partial charge < -0.3 is 10.2 Å². The summed E-state index contributed by atoms with van der Waals surface area (Å²) in [4.78, 5) is 21.8. The Kier molecular flexibility index (Phi) is 4.34. The molecule has 114 valence electrons. The highest BCUT2D eigenvalue weighted by molar-refractivity contribution is 9.10. The Morgan fingerprint density at radius 1 is 0.818 bits per heavy atom. The van der Waals surface area contributed by atoms with Gasteiger partial charge in [-0.05, 0) is 42.5 Å². The molecule has 0 amide bonds. The van der Waals surface area contributed by atoms with Crippen LogP contribution in [0, 0.1) is 0 Å². The lowest BCUT2D eigenvalue weighted by Gasteiger charge is -2.08. The van der Waals surface area contributed by atoms with Gasteiger partial charge in [-0.2, -0.15) is 0 Å². The van der Waals surface area contributed by atoms with Crippen LogP contribution in [-0.2, 0) is 9.84 Å². The number of sulfone groups is 1. The summed E-state index contributed by atoms with van der Waals surface area (Å²) in [5, 5.41) is 18.0. The topological polar surface area (TPSA) is 109 Å². The maximum absolute atomic E-state index is 12.4. The van der Waals surface area contributed by atoms with Crippen molar-refractivity contribution in [2.75, 3.05) is 0 Å². The summed E-state index contributed by atoms with van der Waals surface area (Å²) < 4.78 is 25.6. The van der Waals surface area contributed by atoms with Crippen LogP contribution in [0.3, 0.4) is 0 Å². The third-order valence-corrected chi connectivity index (χ3v) is 5.18. The molecule has 0 aliphatic carbocycles. The van der Waals surface area contributed by atoms with E-state index in [9.17, 15) is 18.0 Å². The summed E-state index contributed by atoms with van der Waals surface area (Å²) in [6.07, 6.45) is 0. The maximum atomic E-state index is 12.4. The van der Waals surface area contributed by atoms with Gasteiger partial charge in [0.1, 0.15) is 0 Å². The van der Waals surface area contributed by atoms with Crippen LogP contribution in [0.25, 0.3) is 0 Å². The number of rotatable bonds is 4. The quantitative estimate of drug-likeness (QED) is 0.838. The predicted octanol–water partition coefficient (Wildman–Crippen LogP) is 2.68. The maximum Gasteiger partial charge on any atom is 0.336 e. The average Bonchev–Trinajstić information content (AvgIpc) is 2.46. The first-order chi connectivity index (χ1) is 10.2. The molecule has 0 fully saturated rings. The highest BCUT2D eigenvalue weighted by Crippen LogP contribution is 2.24. The van der Waals surface area contributed by atoms with Gasteiger partial charge in [0.15, 0.2) is 0 Å². The fourth-order valence-corrected chi connectivity index (χ4v) is 3.35. The average molecular weight is 385 g/mol. The molecule has 0 atom stereocenters. The second kappa shape index (κ2) is 5.90. The molecule has 2 rings (SSSR count). The van der Waals surface area contributed by atoms with Crippen LogP contribution >= 0.6 is 15.9 Å². The molecule has 2 aromatic carbocycles. The van der Waals surface area contributed by atoms with Crippen molar-refractivity contribution in [2.24, 2.45) is 0 Å². The third-order valence-electron chi connectivity index (χ3n) is 2.89.